The SMILES string of the molecule is C=CCOc1ccc(/C=N\NC(=O)CN(c2cccc3ccccc23)S(C)(=O)=O)cc1OCC. The van der Waals surface area contributed by atoms with Gasteiger partial charge in [0.15, 0.2) is 11.5 Å². The zero-order valence-electron chi connectivity index (χ0n) is 19.1. The minimum Gasteiger partial charge on any atom is -0.490 e. The Balaban J connectivity index is 1.74. The molecule has 1 N–H and O–H groups in total. The predicted octanol–water partition coefficient (Wildman–Crippen LogP) is 3.72. The fraction of sp³-hybridized carbons (Fsp3) is 0.200. The van der Waals surface area contributed by atoms with Crippen molar-refractivity contribution in [3.63, 3.8) is 0 Å². The lowest BCUT2D eigenvalue weighted by atomic mass is 10.1. The highest BCUT2D eigenvalue weighted by atomic mass is 32.2. The first-order valence-electron chi connectivity index (χ1n) is 10.6. The molecular formula is C25H27N3O5S. The van der Waals surface area contributed by atoms with Gasteiger partial charge in [-0.2, -0.15) is 5.10 Å². The maximum Gasteiger partial charge on any atom is 0.260 e. The first-order valence-corrected chi connectivity index (χ1v) is 12.5. The van der Waals surface area contributed by atoms with E-state index in [1.165, 1.54) is 6.21 Å². The number of nitrogens with zero attached hydrogens (tertiary/aromatic N) is 2. The van der Waals surface area contributed by atoms with Gasteiger partial charge in [-0.15, -0.1) is 0 Å². The maximum absolute atomic E-state index is 12.6. The second-order valence-electron chi connectivity index (χ2n) is 7.30. The summed E-state index contributed by atoms with van der Waals surface area (Å²) in [6.45, 7) is 5.88. The monoisotopic (exact) mass is 481 g/mol. The number of hydrogen-bond donors (Lipinski definition) is 1. The van der Waals surface area contributed by atoms with Crippen LogP contribution in [0.4, 0.5) is 5.69 Å². The molecule has 0 spiro atoms. The molecule has 0 atom stereocenters. The molecule has 1 amide bonds. The van der Waals surface area contributed by atoms with Crippen LogP contribution in [0.2, 0.25) is 0 Å². The van der Waals surface area contributed by atoms with Crippen LogP contribution in [0.3, 0.4) is 0 Å². The first-order chi connectivity index (χ1) is 16.3. The van der Waals surface area contributed by atoms with Crippen LogP contribution in [-0.4, -0.2) is 46.6 Å². The average Bonchev–Trinajstić information content (AvgIpc) is 2.81. The minimum atomic E-state index is -3.72. The number of hydrogen-bond acceptors (Lipinski definition) is 6. The number of rotatable bonds is 11. The quantitative estimate of drug-likeness (QED) is 0.256. The van der Waals surface area contributed by atoms with Crippen LogP contribution in [0, 0.1) is 0 Å². The summed E-state index contributed by atoms with van der Waals surface area (Å²) in [4.78, 5) is 12.6. The number of nitrogens with one attached hydrogen (secondary N) is 1. The van der Waals surface area contributed by atoms with Crippen molar-refractivity contribution in [1.82, 2.24) is 5.43 Å². The smallest absolute Gasteiger partial charge is 0.260 e. The minimum absolute atomic E-state index is 0.344. The second-order valence-corrected chi connectivity index (χ2v) is 9.21. The third-order valence-corrected chi connectivity index (χ3v) is 5.88. The van der Waals surface area contributed by atoms with Crippen molar-refractivity contribution in [2.24, 2.45) is 5.10 Å². The molecule has 3 aromatic carbocycles. The van der Waals surface area contributed by atoms with Crippen molar-refractivity contribution in [3.8, 4) is 11.5 Å². The van der Waals surface area contributed by atoms with E-state index >= 15 is 0 Å². The molecule has 178 valence electrons. The summed E-state index contributed by atoms with van der Waals surface area (Å²) in [6.07, 6.45) is 4.15. The summed E-state index contributed by atoms with van der Waals surface area (Å²) in [7, 11) is -3.72. The molecule has 0 saturated heterocycles. The highest BCUT2D eigenvalue weighted by Crippen LogP contribution is 2.29. The van der Waals surface area contributed by atoms with Gasteiger partial charge in [0.25, 0.3) is 5.91 Å². The number of fused-ring (bicyclic) bond motifs is 1. The number of carbonyl (C=O) groups is 1. The van der Waals surface area contributed by atoms with Crippen LogP contribution >= 0.6 is 0 Å². The number of amides is 1. The van der Waals surface area contributed by atoms with Gasteiger partial charge in [-0.3, -0.25) is 9.10 Å². The van der Waals surface area contributed by atoms with Crippen molar-refractivity contribution in [3.05, 3.63) is 78.9 Å². The van der Waals surface area contributed by atoms with Crippen molar-refractivity contribution in [1.29, 1.82) is 0 Å². The fourth-order valence-corrected chi connectivity index (χ4v) is 4.16. The van der Waals surface area contributed by atoms with Crippen molar-refractivity contribution >= 4 is 38.6 Å². The molecule has 0 aromatic heterocycles. The van der Waals surface area contributed by atoms with Gasteiger partial charge < -0.3 is 9.47 Å². The van der Waals surface area contributed by atoms with Gasteiger partial charge in [-0.1, -0.05) is 49.1 Å². The Morgan fingerprint density at radius 1 is 1.09 bits per heavy atom. The molecule has 0 aliphatic rings. The van der Waals surface area contributed by atoms with Crippen LogP contribution in [0.25, 0.3) is 10.8 Å². The predicted molar refractivity (Wildman–Crippen MR) is 135 cm³/mol. The highest BCUT2D eigenvalue weighted by molar-refractivity contribution is 7.92. The lowest BCUT2D eigenvalue weighted by Crippen LogP contribution is -2.39. The zero-order valence-corrected chi connectivity index (χ0v) is 19.9. The maximum atomic E-state index is 12.6. The third-order valence-electron chi connectivity index (χ3n) is 4.75. The van der Waals surface area contributed by atoms with E-state index in [9.17, 15) is 13.2 Å². The van der Waals surface area contributed by atoms with Crippen LogP contribution in [0.5, 0.6) is 11.5 Å². The van der Waals surface area contributed by atoms with Gasteiger partial charge in [-0.05, 0) is 42.1 Å². The van der Waals surface area contributed by atoms with Crippen LogP contribution in [0.15, 0.2) is 78.4 Å². The van der Waals surface area contributed by atoms with Crippen LogP contribution in [0.1, 0.15) is 12.5 Å². The van der Waals surface area contributed by atoms with Crippen molar-refractivity contribution < 1.29 is 22.7 Å². The number of anilines is 1. The molecule has 0 aliphatic heterocycles. The van der Waals surface area contributed by atoms with E-state index in [1.54, 1.807) is 36.4 Å². The molecule has 3 rings (SSSR count). The number of sulfonamides is 1. The summed E-state index contributed by atoms with van der Waals surface area (Å²) < 4.78 is 37.2. The van der Waals surface area contributed by atoms with Gasteiger partial charge in [0.2, 0.25) is 10.0 Å². The topological polar surface area (TPSA) is 97.3 Å². The zero-order chi connectivity index (χ0) is 24.6. The second kappa shape index (κ2) is 11.3. The third kappa shape index (κ3) is 6.35. The average molecular weight is 482 g/mol. The largest absolute Gasteiger partial charge is 0.490 e. The van der Waals surface area contributed by atoms with E-state index in [0.717, 1.165) is 21.3 Å². The number of carbonyl (C=O) groups excluding carboxylic acids is 1. The van der Waals surface area contributed by atoms with E-state index in [4.69, 9.17) is 9.47 Å². The molecule has 8 nitrogen and oxygen atoms in total. The molecule has 9 heteroatoms. The summed E-state index contributed by atoms with van der Waals surface area (Å²) in [5.41, 5.74) is 3.49. The van der Waals surface area contributed by atoms with Crippen LogP contribution < -0.4 is 19.2 Å². The standard InChI is InChI=1S/C25H27N3O5S/c1-4-15-33-23-14-13-19(16-24(23)32-5-2)17-26-27-25(29)18-28(34(3,30)31)22-12-8-10-20-9-6-7-11-21(20)22/h4,6-14,16-17H,1,5,15,18H2,2-3H3,(H,27,29)/b26-17-. The number of hydrazone groups is 1. The molecule has 0 saturated carbocycles. The molecule has 0 heterocycles. The Hall–Kier alpha value is -3.85. The Morgan fingerprint density at radius 3 is 2.59 bits per heavy atom. The molecule has 0 aliphatic carbocycles. The van der Waals surface area contributed by atoms with Gasteiger partial charge in [0.1, 0.15) is 13.2 Å². The van der Waals surface area contributed by atoms with E-state index in [1.807, 2.05) is 37.3 Å². The molecule has 34 heavy (non-hydrogen) atoms. The van der Waals surface area contributed by atoms with Gasteiger partial charge in [0.05, 0.1) is 24.8 Å². The molecule has 0 fully saturated rings. The van der Waals surface area contributed by atoms with Crippen molar-refractivity contribution in [2.75, 3.05) is 30.3 Å². The van der Waals surface area contributed by atoms with Crippen LogP contribution in [-0.2, 0) is 14.8 Å². The Labute approximate surface area is 199 Å². The summed E-state index contributed by atoms with van der Waals surface area (Å²) in [5.74, 6) is 0.534. The first kappa shape index (κ1) is 24.8. The normalized spacial score (nSPS) is 11.4. The van der Waals surface area contributed by atoms with E-state index in [-0.39, 0.29) is 0 Å². The lowest BCUT2D eigenvalue weighted by molar-refractivity contribution is -0.119. The molecule has 3 aromatic rings. The molecule has 0 unspecified atom stereocenters. The Kier molecular flexibility index (Phi) is 8.26. The number of benzene rings is 3. The van der Waals surface area contributed by atoms with Gasteiger partial charge >= 0.3 is 0 Å². The van der Waals surface area contributed by atoms with Gasteiger partial charge in [0, 0.05) is 5.39 Å². The van der Waals surface area contributed by atoms with E-state index in [2.05, 4.69) is 17.1 Å². The summed E-state index contributed by atoms with van der Waals surface area (Å²) in [6, 6.07) is 17.9. The highest BCUT2D eigenvalue weighted by Gasteiger charge is 2.22. The Morgan fingerprint density at radius 2 is 1.85 bits per heavy atom. The number of ether oxygens (including phenoxy) is 2. The molecule has 0 radical (unpaired) electrons. The van der Waals surface area contributed by atoms with E-state index in [0.29, 0.717) is 36.0 Å². The summed E-state index contributed by atoms with van der Waals surface area (Å²) >= 11 is 0. The fourth-order valence-electron chi connectivity index (χ4n) is 3.29. The van der Waals surface area contributed by atoms with Crippen molar-refractivity contribution in [2.45, 2.75) is 6.92 Å². The molecule has 0 bridgehead atoms. The Bertz CT molecular complexity index is 1300. The van der Waals surface area contributed by atoms with Gasteiger partial charge in [-0.25, -0.2) is 13.8 Å². The molecular weight excluding hydrogens is 454 g/mol. The lowest BCUT2D eigenvalue weighted by Gasteiger charge is -2.23. The van der Waals surface area contributed by atoms with E-state index < -0.39 is 22.5 Å². The summed E-state index contributed by atoms with van der Waals surface area (Å²) in [5, 5.41) is 5.57.